The number of carbonyl (C=O) groups is 1. The Bertz CT molecular complexity index is 715. The summed E-state index contributed by atoms with van der Waals surface area (Å²) in [5.74, 6) is 0.137. The fraction of sp³-hybridized carbons (Fsp3) is 0.200. The average Bonchev–Trinajstić information content (AvgIpc) is 2.45. The molecule has 0 bridgehead atoms. The van der Waals surface area contributed by atoms with Crippen LogP contribution in [-0.2, 0) is 9.53 Å². The lowest BCUT2D eigenvalue weighted by atomic mass is 10.2. The molecule has 2 rings (SSSR count). The van der Waals surface area contributed by atoms with Gasteiger partial charge in [-0.2, -0.15) is 0 Å². The van der Waals surface area contributed by atoms with Crippen molar-refractivity contribution in [1.29, 1.82) is 0 Å². The minimum atomic E-state index is -0.503. The zero-order valence-corrected chi connectivity index (χ0v) is 11.3. The highest BCUT2D eigenvalue weighted by Crippen LogP contribution is 2.20. The Morgan fingerprint density at radius 2 is 2.10 bits per heavy atom. The van der Waals surface area contributed by atoms with Gasteiger partial charge in [-0.25, -0.2) is 4.79 Å². The first-order valence-corrected chi connectivity index (χ1v) is 6.28. The third-order valence-electron chi connectivity index (χ3n) is 2.66. The number of nitrogens with one attached hydrogen (secondary N) is 1. The molecule has 0 radical (unpaired) electrons. The van der Waals surface area contributed by atoms with Crippen molar-refractivity contribution in [3.8, 4) is 5.75 Å². The fourth-order valence-corrected chi connectivity index (χ4v) is 1.74. The van der Waals surface area contributed by atoms with Crippen molar-refractivity contribution in [2.75, 3.05) is 6.61 Å². The lowest BCUT2D eigenvalue weighted by molar-refractivity contribution is -0.141. The molecule has 0 saturated carbocycles. The number of allylic oxidation sites excluding steroid dienone is 1. The molecule has 104 valence electrons. The Morgan fingerprint density at radius 3 is 2.80 bits per heavy atom. The Hall–Kier alpha value is -2.56. The summed E-state index contributed by atoms with van der Waals surface area (Å²) in [7, 11) is 0. The minimum absolute atomic E-state index is 0.135. The summed E-state index contributed by atoms with van der Waals surface area (Å²) in [4.78, 5) is 25.5. The molecule has 0 aliphatic rings. The number of rotatable bonds is 4. The number of esters is 1. The number of aromatic nitrogens is 1. The molecule has 2 aromatic rings. The largest absolute Gasteiger partial charge is 0.460 e. The molecule has 0 aliphatic carbocycles. The van der Waals surface area contributed by atoms with Crippen LogP contribution in [0.15, 0.2) is 47.0 Å². The van der Waals surface area contributed by atoms with Crippen molar-refractivity contribution in [3.05, 3.63) is 52.5 Å². The van der Waals surface area contributed by atoms with Crippen LogP contribution in [0.2, 0.25) is 0 Å². The lowest BCUT2D eigenvalue weighted by Gasteiger charge is -2.09. The van der Waals surface area contributed by atoms with Crippen LogP contribution < -0.4 is 10.3 Å². The van der Waals surface area contributed by atoms with Gasteiger partial charge in [0.05, 0.1) is 6.61 Å². The number of carbonyl (C=O) groups excluding carboxylic acids is 1. The number of pyridine rings is 1. The van der Waals surface area contributed by atoms with Gasteiger partial charge in [0.25, 0.3) is 0 Å². The van der Waals surface area contributed by atoms with Gasteiger partial charge in [0.2, 0.25) is 11.3 Å². The number of aromatic amines is 1. The molecule has 1 N–H and O–H groups in total. The third-order valence-corrected chi connectivity index (χ3v) is 2.66. The van der Waals surface area contributed by atoms with Crippen LogP contribution in [-0.4, -0.2) is 17.6 Å². The summed E-state index contributed by atoms with van der Waals surface area (Å²) < 4.78 is 10.4. The first-order valence-electron chi connectivity index (χ1n) is 6.28. The van der Waals surface area contributed by atoms with E-state index in [0.717, 1.165) is 5.39 Å². The first-order chi connectivity index (χ1) is 9.63. The van der Waals surface area contributed by atoms with Gasteiger partial charge in [0, 0.05) is 17.0 Å². The van der Waals surface area contributed by atoms with Crippen molar-refractivity contribution in [3.63, 3.8) is 0 Å². The van der Waals surface area contributed by atoms with Gasteiger partial charge in [-0.1, -0.05) is 0 Å². The summed E-state index contributed by atoms with van der Waals surface area (Å²) in [6.45, 7) is 3.72. The average molecular weight is 273 g/mol. The Balaban J connectivity index is 2.27. The van der Waals surface area contributed by atoms with E-state index in [2.05, 4.69) is 4.98 Å². The van der Waals surface area contributed by atoms with Crippen LogP contribution in [0, 0.1) is 0 Å². The summed E-state index contributed by atoms with van der Waals surface area (Å²) in [6.07, 6.45) is 1.55. The Kier molecular flexibility index (Phi) is 4.20. The zero-order valence-electron chi connectivity index (χ0n) is 11.3. The molecule has 0 saturated heterocycles. The second-order valence-electron chi connectivity index (χ2n) is 4.05. The summed E-state index contributed by atoms with van der Waals surface area (Å²) in [6, 6.07) is 8.29. The molecule has 0 unspecified atom stereocenters. The van der Waals surface area contributed by atoms with Crippen LogP contribution in [0.4, 0.5) is 0 Å². The van der Waals surface area contributed by atoms with Gasteiger partial charge >= 0.3 is 5.97 Å². The molecule has 0 atom stereocenters. The minimum Gasteiger partial charge on any atom is -0.460 e. The zero-order chi connectivity index (χ0) is 14.5. The van der Waals surface area contributed by atoms with Gasteiger partial charge in [0.1, 0.15) is 5.75 Å². The molecule has 1 heterocycles. The molecule has 20 heavy (non-hydrogen) atoms. The van der Waals surface area contributed by atoms with E-state index in [1.165, 1.54) is 6.07 Å². The molecule has 0 amide bonds. The molecule has 0 fully saturated rings. The standard InChI is InChI=1S/C15H15NO4/c1-3-13(15(18)19-4-2)20-11-6-7-12-10(9-11)5-8-14(17)16-12/h3,5-9H,4H2,1-2H3,(H,16,17)/b13-3+. The van der Waals surface area contributed by atoms with Gasteiger partial charge in [-0.05, 0) is 44.2 Å². The maximum atomic E-state index is 11.6. The molecule has 0 aliphatic heterocycles. The van der Waals surface area contributed by atoms with Crippen molar-refractivity contribution < 1.29 is 14.3 Å². The molecule has 1 aromatic carbocycles. The van der Waals surface area contributed by atoms with Crippen molar-refractivity contribution >= 4 is 16.9 Å². The highest BCUT2D eigenvalue weighted by molar-refractivity contribution is 5.87. The van der Waals surface area contributed by atoms with Gasteiger partial charge < -0.3 is 14.5 Å². The number of ether oxygens (including phenoxy) is 2. The van der Waals surface area contributed by atoms with Gasteiger partial charge in [0.15, 0.2) is 0 Å². The maximum absolute atomic E-state index is 11.6. The molecular weight excluding hydrogens is 258 g/mol. The number of hydrogen-bond acceptors (Lipinski definition) is 4. The first kappa shape index (κ1) is 13.9. The van der Waals surface area contributed by atoms with Gasteiger partial charge in [-0.3, -0.25) is 4.79 Å². The monoisotopic (exact) mass is 273 g/mol. The molecule has 5 heteroatoms. The number of H-pyrrole nitrogens is 1. The highest BCUT2D eigenvalue weighted by Gasteiger charge is 2.12. The molecular formula is C15H15NO4. The molecule has 0 spiro atoms. The fourth-order valence-electron chi connectivity index (χ4n) is 1.74. The van der Waals surface area contributed by atoms with E-state index < -0.39 is 5.97 Å². The third kappa shape index (κ3) is 3.06. The molecule has 5 nitrogen and oxygen atoms in total. The number of fused-ring (bicyclic) bond motifs is 1. The van der Waals surface area contributed by atoms with E-state index in [1.54, 1.807) is 44.2 Å². The van der Waals surface area contributed by atoms with Crippen LogP contribution in [0.3, 0.4) is 0 Å². The molecule has 1 aromatic heterocycles. The SMILES string of the molecule is C/C=C(/Oc1ccc2[nH]c(=O)ccc2c1)C(=O)OCC. The van der Waals surface area contributed by atoms with E-state index in [9.17, 15) is 9.59 Å². The Morgan fingerprint density at radius 1 is 1.30 bits per heavy atom. The van der Waals surface area contributed by atoms with E-state index in [0.29, 0.717) is 17.9 Å². The van der Waals surface area contributed by atoms with E-state index >= 15 is 0 Å². The van der Waals surface area contributed by atoms with E-state index in [4.69, 9.17) is 9.47 Å². The summed E-state index contributed by atoms with van der Waals surface area (Å²) >= 11 is 0. The predicted molar refractivity (Wildman–Crippen MR) is 75.6 cm³/mol. The van der Waals surface area contributed by atoms with Crippen LogP contribution in [0.25, 0.3) is 10.9 Å². The maximum Gasteiger partial charge on any atom is 0.373 e. The predicted octanol–water partition coefficient (Wildman–Crippen LogP) is 2.37. The van der Waals surface area contributed by atoms with Crippen molar-refractivity contribution in [2.24, 2.45) is 0 Å². The second-order valence-corrected chi connectivity index (χ2v) is 4.05. The Labute approximate surface area is 115 Å². The highest BCUT2D eigenvalue weighted by atomic mass is 16.6. The number of benzene rings is 1. The van der Waals surface area contributed by atoms with E-state index in [1.807, 2.05) is 0 Å². The van der Waals surface area contributed by atoms with Crippen molar-refractivity contribution in [2.45, 2.75) is 13.8 Å². The smallest absolute Gasteiger partial charge is 0.373 e. The quantitative estimate of drug-likeness (QED) is 0.527. The summed E-state index contributed by atoms with van der Waals surface area (Å²) in [5, 5.41) is 0.821. The van der Waals surface area contributed by atoms with Crippen LogP contribution in [0.5, 0.6) is 5.75 Å². The summed E-state index contributed by atoms with van der Waals surface area (Å²) in [5.41, 5.74) is 0.551. The number of hydrogen-bond donors (Lipinski definition) is 1. The second kappa shape index (κ2) is 6.06. The van der Waals surface area contributed by atoms with Crippen LogP contribution in [0.1, 0.15) is 13.8 Å². The van der Waals surface area contributed by atoms with Crippen molar-refractivity contribution in [1.82, 2.24) is 4.98 Å². The lowest BCUT2D eigenvalue weighted by Crippen LogP contribution is -2.12. The normalized spacial score (nSPS) is 11.4. The van der Waals surface area contributed by atoms with Gasteiger partial charge in [-0.15, -0.1) is 0 Å². The van der Waals surface area contributed by atoms with Crippen LogP contribution >= 0.6 is 0 Å². The van der Waals surface area contributed by atoms with E-state index in [-0.39, 0.29) is 11.3 Å². The topological polar surface area (TPSA) is 68.4 Å².